The first-order valence-electron chi connectivity index (χ1n) is 10.8. The predicted octanol–water partition coefficient (Wildman–Crippen LogP) is 7.36. The van der Waals surface area contributed by atoms with Crippen LogP contribution in [-0.4, -0.2) is 21.4 Å². The van der Waals surface area contributed by atoms with Crippen LogP contribution in [0.1, 0.15) is 18.1 Å². The second kappa shape index (κ2) is 9.70. The normalized spacial score (nSPS) is 14.6. The molecule has 5 rings (SSSR count). The average molecular weight is 522 g/mol. The van der Waals surface area contributed by atoms with E-state index < -0.39 is 0 Å². The van der Waals surface area contributed by atoms with Crippen molar-refractivity contribution in [2.75, 3.05) is 5.01 Å². The van der Waals surface area contributed by atoms with E-state index in [2.05, 4.69) is 5.10 Å². The summed E-state index contributed by atoms with van der Waals surface area (Å²) in [5, 5.41) is 12.2. The smallest absolute Gasteiger partial charge is 0.267 e. The summed E-state index contributed by atoms with van der Waals surface area (Å²) in [6.07, 6.45) is 3.76. The summed E-state index contributed by atoms with van der Waals surface area (Å²) in [6.45, 7) is 2.31. The van der Waals surface area contributed by atoms with Crippen molar-refractivity contribution in [2.45, 2.75) is 13.5 Å². The van der Waals surface area contributed by atoms with E-state index in [0.29, 0.717) is 38.6 Å². The van der Waals surface area contributed by atoms with Gasteiger partial charge in [0.15, 0.2) is 0 Å². The molecule has 4 aromatic rings. The molecule has 0 fully saturated rings. The molecule has 3 aromatic carbocycles. The fourth-order valence-electron chi connectivity index (χ4n) is 3.89. The van der Waals surface area contributed by atoms with E-state index in [4.69, 9.17) is 39.9 Å². The Morgan fingerprint density at radius 1 is 0.914 bits per heavy atom. The average Bonchev–Trinajstić information content (AvgIpc) is 3.37. The second-order valence-electron chi connectivity index (χ2n) is 8.09. The third kappa shape index (κ3) is 4.89. The Morgan fingerprint density at radius 2 is 1.71 bits per heavy atom. The van der Waals surface area contributed by atoms with Crippen molar-refractivity contribution < 1.29 is 4.79 Å². The number of benzene rings is 3. The summed E-state index contributed by atoms with van der Waals surface area (Å²) >= 11 is 18.4. The van der Waals surface area contributed by atoms with Crippen LogP contribution in [0.15, 0.2) is 89.7 Å². The van der Waals surface area contributed by atoms with E-state index in [1.54, 1.807) is 30.3 Å². The van der Waals surface area contributed by atoms with Crippen molar-refractivity contribution in [3.05, 3.63) is 111 Å². The molecule has 1 aliphatic heterocycles. The van der Waals surface area contributed by atoms with Gasteiger partial charge in [0, 0.05) is 22.3 Å². The van der Waals surface area contributed by atoms with Crippen molar-refractivity contribution in [1.29, 1.82) is 0 Å². The molecule has 174 valence electrons. The molecule has 1 aliphatic rings. The Labute approximate surface area is 217 Å². The van der Waals surface area contributed by atoms with Gasteiger partial charge >= 0.3 is 0 Å². The van der Waals surface area contributed by atoms with Crippen LogP contribution in [0.25, 0.3) is 17.3 Å². The van der Waals surface area contributed by atoms with E-state index >= 15 is 0 Å². The Hall–Kier alpha value is -3.38. The first-order valence-corrected chi connectivity index (χ1v) is 12.0. The number of carbonyl (C=O) groups is 1. The topological polar surface area (TPSA) is 50.5 Å². The lowest BCUT2D eigenvalue weighted by atomic mass is 10.0. The number of nitrogens with zero attached hydrogens (tertiary/aromatic N) is 4. The second-order valence-corrected chi connectivity index (χ2v) is 9.34. The van der Waals surface area contributed by atoms with E-state index in [9.17, 15) is 4.79 Å². The molecule has 0 unspecified atom stereocenters. The van der Waals surface area contributed by atoms with Crippen LogP contribution in [0.5, 0.6) is 0 Å². The zero-order valence-corrected chi connectivity index (χ0v) is 20.9. The van der Waals surface area contributed by atoms with Gasteiger partial charge in [0.05, 0.1) is 39.3 Å². The van der Waals surface area contributed by atoms with Crippen molar-refractivity contribution >= 4 is 58.2 Å². The van der Waals surface area contributed by atoms with Crippen LogP contribution in [-0.2, 0) is 11.3 Å². The Kier molecular flexibility index (Phi) is 6.48. The largest absolute Gasteiger partial charge is 0.280 e. The summed E-state index contributed by atoms with van der Waals surface area (Å²) in [5.74, 6) is -0.221. The summed E-state index contributed by atoms with van der Waals surface area (Å²) in [4.78, 5) is 13.3. The van der Waals surface area contributed by atoms with Crippen LogP contribution in [0.4, 0.5) is 5.69 Å². The maximum absolute atomic E-state index is 13.3. The minimum atomic E-state index is -0.221. The highest BCUT2D eigenvalue weighted by molar-refractivity contribution is 6.42. The molecule has 0 N–H and O–H groups in total. The lowest BCUT2D eigenvalue weighted by Crippen LogP contribution is -2.21. The molecule has 0 saturated carbocycles. The highest BCUT2D eigenvalue weighted by Crippen LogP contribution is 2.30. The highest BCUT2D eigenvalue weighted by Gasteiger charge is 2.29. The van der Waals surface area contributed by atoms with E-state index in [1.165, 1.54) is 5.01 Å². The molecule has 2 heterocycles. The molecule has 5 nitrogen and oxygen atoms in total. The third-order valence-corrected chi connectivity index (χ3v) is 6.56. The van der Waals surface area contributed by atoms with Gasteiger partial charge in [-0.15, -0.1) is 0 Å². The number of amides is 1. The maximum atomic E-state index is 13.3. The van der Waals surface area contributed by atoms with Crippen LogP contribution < -0.4 is 5.01 Å². The van der Waals surface area contributed by atoms with Crippen LogP contribution in [0, 0.1) is 0 Å². The first-order chi connectivity index (χ1) is 16.9. The predicted molar refractivity (Wildman–Crippen MR) is 143 cm³/mol. The molecule has 0 aliphatic carbocycles. The number of anilines is 1. The summed E-state index contributed by atoms with van der Waals surface area (Å²) in [7, 11) is 0. The molecule has 0 radical (unpaired) electrons. The SMILES string of the molecule is CC1=NN(c2cccc(Cl)c2)C(=O)C1=Cc1cn(Cc2ccc(Cl)c(Cl)c2)nc1-c1ccccc1. The van der Waals surface area contributed by atoms with Crippen molar-refractivity contribution in [3.8, 4) is 11.3 Å². The number of hydrazone groups is 1. The fraction of sp³-hybridized carbons (Fsp3) is 0.0741. The number of aromatic nitrogens is 2. The molecular formula is C27H19Cl3N4O. The Morgan fingerprint density at radius 3 is 2.46 bits per heavy atom. The van der Waals surface area contributed by atoms with Crippen molar-refractivity contribution in [1.82, 2.24) is 9.78 Å². The summed E-state index contributed by atoms with van der Waals surface area (Å²) in [6, 6.07) is 22.4. The monoisotopic (exact) mass is 520 g/mol. The highest BCUT2D eigenvalue weighted by atomic mass is 35.5. The molecule has 0 atom stereocenters. The van der Waals surface area contributed by atoms with Crippen LogP contribution in [0.3, 0.4) is 0 Å². The molecule has 0 bridgehead atoms. The quantitative estimate of drug-likeness (QED) is 0.258. The lowest BCUT2D eigenvalue weighted by molar-refractivity contribution is -0.114. The van der Waals surface area contributed by atoms with Crippen LogP contribution >= 0.6 is 34.8 Å². The maximum Gasteiger partial charge on any atom is 0.280 e. The van der Waals surface area contributed by atoms with Gasteiger partial charge in [0.2, 0.25) is 0 Å². The van der Waals surface area contributed by atoms with Crippen LogP contribution in [0.2, 0.25) is 15.1 Å². The van der Waals surface area contributed by atoms with E-state index in [0.717, 1.165) is 22.4 Å². The van der Waals surface area contributed by atoms with Crippen molar-refractivity contribution in [2.24, 2.45) is 5.10 Å². The number of hydrogen-bond donors (Lipinski definition) is 0. The Bertz CT molecular complexity index is 1490. The van der Waals surface area contributed by atoms with Gasteiger partial charge in [-0.2, -0.15) is 15.2 Å². The molecule has 0 spiro atoms. The van der Waals surface area contributed by atoms with Gasteiger partial charge in [-0.3, -0.25) is 9.48 Å². The van der Waals surface area contributed by atoms with E-state index in [-0.39, 0.29) is 5.91 Å². The molecule has 1 amide bonds. The van der Waals surface area contributed by atoms with Gasteiger partial charge in [-0.25, -0.2) is 0 Å². The van der Waals surface area contributed by atoms with E-state index in [1.807, 2.05) is 66.3 Å². The minimum Gasteiger partial charge on any atom is -0.267 e. The van der Waals surface area contributed by atoms with Crippen molar-refractivity contribution in [3.63, 3.8) is 0 Å². The van der Waals surface area contributed by atoms with Gasteiger partial charge in [0.1, 0.15) is 0 Å². The molecule has 8 heteroatoms. The van der Waals surface area contributed by atoms with Gasteiger partial charge in [-0.05, 0) is 48.9 Å². The summed E-state index contributed by atoms with van der Waals surface area (Å²) in [5.41, 5.74) is 5.20. The lowest BCUT2D eigenvalue weighted by Gasteiger charge is -2.11. The zero-order valence-electron chi connectivity index (χ0n) is 18.6. The summed E-state index contributed by atoms with van der Waals surface area (Å²) < 4.78 is 1.83. The van der Waals surface area contributed by atoms with Gasteiger partial charge < -0.3 is 0 Å². The minimum absolute atomic E-state index is 0.221. The molecule has 0 saturated heterocycles. The third-order valence-electron chi connectivity index (χ3n) is 5.58. The van der Waals surface area contributed by atoms with Gasteiger partial charge in [0.25, 0.3) is 5.91 Å². The van der Waals surface area contributed by atoms with Gasteiger partial charge in [-0.1, -0.05) is 77.3 Å². The molecule has 35 heavy (non-hydrogen) atoms. The molecular weight excluding hydrogens is 503 g/mol. The fourth-order valence-corrected chi connectivity index (χ4v) is 4.40. The number of rotatable bonds is 5. The zero-order chi connectivity index (χ0) is 24.5. The number of carbonyl (C=O) groups excluding carboxylic acids is 1. The number of hydrogen-bond acceptors (Lipinski definition) is 3. The standard InChI is InChI=1S/C27H19Cl3N4O/c1-17-23(27(35)34(31-17)22-9-5-8-21(28)14-22)13-20-16-33(15-18-10-11-24(29)25(30)12-18)32-26(20)19-6-3-2-4-7-19/h2-14,16H,15H2,1H3. The number of halogens is 3. The first kappa shape index (κ1) is 23.4. The Balaban J connectivity index is 1.53. The molecule has 1 aromatic heterocycles.